The minimum atomic E-state index is -0.765. The third kappa shape index (κ3) is 3.94. The van der Waals surface area contributed by atoms with Gasteiger partial charge in [-0.05, 0) is 54.2 Å². The molecule has 2 aromatic carbocycles. The number of benzene rings is 2. The summed E-state index contributed by atoms with van der Waals surface area (Å²) in [6, 6.07) is 18.1. The molecule has 0 radical (unpaired) electrons. The summed E-state index contributed by atoms with van der Waals surface area (Å²) < 4.78 is 8.23. The van der Waals surface area contributed by atoms with Crippen LogP contribution < -0.4 is 4.74 Å². The highest BCUT2D eigenvalue weighted by Crippen LogP contribution is 2.64. The largest absolute Gasteiger partial charge is 0.487 e. The number of carboxylic acid groups (broad SMARTS) is 1. The number of aliphatic carboxylic acids is 1. The molecule has 0 spiro atoms. The summed E-state index contributed by atoms with van der Waals surface area (Å²) in [5.41, 5.74) is 5.80. The van der Waals surface area contributed by atoms with Crippen LogP contribution >= 0.6 is 0 Å². The summed E-state index contributed by atoms with van der Waals surface area (Å²) in [5, 5.41) is 9.80. The van der Waals surface area contributed by atoms with Gasteiger partial charge < -0.3 is 14.4 Å². The average Bonchev–Trinajstić information content (AvgIpc) is 3.22. The van der Waals surface area contributed by atoms with Gasteiger partial charge in [-0.25, -0.2) is 4.98 Å². The summed E-state index contributed by atoms with van der Waals surface area (Å²) in [6.45, 7) is 9.13. The molecule has 0 aliphatic heterocycles. The Kier molecular flexibility index (Phi) is 5.39. The number of pyridine rings is 1. The van der Waals surface area contributed by atoms with Gasteiger partial charge >= 0.3 is 5.97 Å². The van der Waals surface area contributed by atoms with E-state index in [-0.39, 0.29) is 11.3 Å². The summed E-state index contributed by atoms with van der Waals surface area (Å²) in [4.78, 5) is 21.3. The lowest BCUT2D eigenvalue weighted by Crippen LogP contribution is -2.08. The maximum atomic E-state index is 11.9. The second-order valence-corrected chi connectivity index (χ2v) is 9.86. The predicted molar refractivity (Wildman–Crippen MR) is 131 cm³/mol. The smallest absolute Gasteiger partial charge is 0.307 e. The number of hydrogen-bond acceptors (Lipinski definition) is 4. The monoisotopic (exact) mass is 455 g/mol. The van der Waals surface area contributed by atoms with Crippen molar-refractivity contribution in [2.75, 3.05) is 0 Å². The van der Waals surface area contributed by atoms with Crippen molar-refractivity contribution in [2.45, 2.75) is 46.8 Å². The molecule has 1 fully saturated rings. The van der Waals surface area contributed by atoms with Crippen LogP contribution in [0.4, 0.5) is 0 Å². The van der Waals surface area contributed by atoms with E-state index in [1.54, 1.807) is 0 Å². The van der Waals surface area contributed by atoms with E-state index in [1.165, 1.54) is 11.1 Å². The van der Waals surface area contributed by atoms with Gasteiger partial charge in [-0.15, -0.1) is 0 Å². The Labute approximate surface area is 199 Å². The van der Waals surface area contributed by atoms with Crippen molar-refractivity contribution in [3.63, 3.8) is 0 Å². The first-order chi connectivity index (χ1) is 16.3. The van der Waals surface area contributed by atoms with Crippen LogP contribution in [0.2, 0.25) is 0 Å². The first-order valence-corrected chi connectivity index (χ1v) is 11.6. The van der Waals surface area contributed by atoms with Crippen molar-refractivity contribution >= 4 is 17.0 Å². The van der Waals surface area contributed by atoms with E-state index in [4.69, 9.17) is 9.72 Å². The number of aromatic nitrogens is 3. The summed E-state index contributed by atoms with van der Waals surface area (Å²) in [7, 11) is 0. The van der Waals surface area contributed by atoms with Gasteiger partial charge in [0.15, 0.2) is 0 Å². The Morgan fingerprint density at radius 1 is 1.12 bits per heavy atom. The van der Waals surface area contributed by atoms with E-state index in [1.807, 2.05) is 69.4 Å². The standard InChI is InChI=1S/C28H29N3O3/c1-17-9-10-20(29-14-17)16-34-21-11-12-22-23(13-21)31(15-19-8-6-5-7-18(19)2)26(30-22)24-25(27(32)33)28(24,3)4/h5-14,24-25H,15-16H2,1-4H3,(H,32,33)/t24?,25-/m1/s1. The molecular weight excluding hydrogens is 426 g/mol. The van der Waals surface area contributed by atoms with E-state index >= 15 is 0 Å². The zero-order chi connectivity index (χ0) is 24.0. The first kappa shape index (κ1) is 22.1. The SMILES string of the molecule is Cc1ccc(COc2ccc3nc(C4[C@H](C(=O)O)C4(C)C)n(Cc4ccccc4C)c3c2)nc1. The molecule has 0 amide bonds. The summed E-state index contributed by atoms with van der Waals surface area (Å²) in [6.07, 6.45) is 1.84. The summed E-state index contributed by atoms with van der Waals surface area (Å²) in [5.74, 6) is 0.218. The number of nitrogens with zero attached hydrogens (tertiary/aromatic N) is 3. The number of fused-ring (bicyclic) bond motifs is 1. The van der Waals surface area contributed by atoms with Crippen molar-refractivity contribution in [2.24, 2.45) is 11.3 Å². The van der Waals surface area contributed by atoms with Crippen LogP contribution in [-0.2, 0) is 17.9 Å². The van der Waals surface area contributed by atoms with Gasteiger partial charge in [0.25, 0.3) is 0 Å². The summed E-state index contributed by atoms with van der Waals surface area (Å²) >= 11 is 0. The molecule has 34 heavy (non-hydrogen) atoms. The van der Waals surface area contributed by atoms with Crippen LogP contribution in [0.15, 0.2) is 60.8 Å². The number of ether oxygens (including phenoxy) is 1. The molecule has 6 heteroatoms. The molecule has 6 nitrogen and oxygen atoms in total. The van der Waals surface area contributed by atoms with Gasteiger partial charge in [0, 0.05) is 24.7 Å². The van der Waals surface area contributed by atoms with Crippen LogP contribution in [0.3, 0.4) is 0 Å². The molecule has 0 saturated heterocycles. The van der Waals surface area contributed by atoms with Crippen molar-refractivity contribution in [1.29, 1.82) is 0 Å². The fourth-order valence-corrected chi connectivity index (χ4v) is 4.89. The lowest BCUT2D eigenvalue weighted by Gasteiger charge is -2.13. The highest BCUT2D eigenvalue weighted by Gasteiger charge is 2.64. The number of aryl methyl sites for hydroxylation is 2. The lowest BCUT2D eigenvalue weighted by atomic mass is 10.1. The Balaban J connectivity index is 1.54. The minimum Gasteiger partial charge on any atom is -0.487 e. The van der Waals surface area contributed by atoms with Crippen molar-refractivity contribution in [1.82, 2.24) is 14.5 Å². The first-order valence-electron chi connectivity index (χ1n) is 11.6. The highest BCUT2D eigenvalue weighted by atomic mass is 16.5. The van der Waals surface area contributed by atoms with Crippen molar-refractivity contribution in [3.05, 3.63) is 89.0 Å². The van der Waals surface area contributed by atoms with Gasteiger partial charge in [0.2, 0.25) is 0 Å². The Hall–Kier alpha value is -3.67. The Bertz CT molecular complexity index is 1370. The zero-order valence-corrected chi connectivity index (χ0v) is 19.9. The van der Waals surface area contributed by atoms with E-state index in [2.05, 4.69) is 28.6 Å². The molecule has 1 N–H and O–H groups in total. The van der Waals surface area contributed by atoms with Crippen LogP contribution in [0.1, 0.15) is 48.0 Å². The Morgan fingerprint density at radius 2 is 1.91 bits per heavy atom. The molecule has 1 saturated carbocycles. The van der Waals surface area contributed by atoms with E-state index in [0.29, 0.717) is 13.2 Å². The molecule has 174 valence electrons. The third-order valence-corrected chi connectivity index (χ3v) is 7.07. The van der Waals surface area contributed by atoms with Gasteiger partial charge in [0.1, 0.15) is 18.2 Å². The number of carbonyl (C=O) groups is 1. The Morgan fingerprint density at radius 3 is 2.59 bits per heavy atom. The van der Waals surface area contributed by atoms with Crippen LogP contribution in [0.5, 0.6) is 5.75 Å². The van der Waals surface area contributed by atoms with Gasteiger partial charge in [-0.1, -0.05) is 44.2 Å². The molecule has 1 aliphatic rings. The molecule has 2 heterocycles. The van der Waals surface area contributed by atoms with Crippen LogP contribution in [0.25, 0.3) is 11.0 Å². The van der Waals surface area contributed by atoms with E-state index < -0.39 is 11.9 Å². The van der Waals surface area contributed by atoms with Crippen LogP contribution in [0, 0.1) is 25.2 Å². The number of imidazole rings is 1. The molecule has 1 aliphatic carbocycles. The van der Waals surface area contributed by atoms with Gasteiger partial charge in [0.05, 0.1) is 22.6 Å². The maximum absolute atomic E-state index is 11.9. The van der Waals surface area contributed by atoms with Crippen LogP contribution in [-0.4, -0.2) is 25.6 Å². The number of rotatable bonds is 7. The topological polar surface area (TPSA) is 77.2 Å². The molecule has 0 bridgehead atoms. The quantitative estimate of drug-likeness (QED) is 0.398. The zero-order valence-electron chi connectivity index (χ0n) is 19.9. The number of carboxylic acids is 1. The molecule has 1 unspecified atom stereocenters. The molecule has 5 rings (SSSR count). The predicted octanol–water partition coefficient (Wildman–Crippen LogP) is 5.50. The second kappa shape index (κ2) is 8.28. The second-order valence-electron chi connectivity index (χ2n) is 9.86. The van der Waals surface area contributed by atoms with Crippen molar-refractivity contribution < 1.29 is 14.6 Å². The molecular formula is C28H29N3O3. The molecule has 4 aromatic rings. The minimum absolute atomic E-state index is 0.137. The lowest BCUT2D eigenvalue weighted by molar-refractivity contribution is -0.139. The van der Waals surface area contributed by atoms with Gasteiger partial charge in [-0.3, -0.25) is 9.78 Å². The number of hydrogen-bond donors (Lipinski definition) is 1. The fraction of sp³-hybridized carbons (Fsp3) is 0.321. The third-order valence-electron chi connectivity index (χ3n) is 7.07. The van der Waals surface area contributed by atoms with Gasteiger partial charge in [-0.2, -0.15) is 0 Å². The average molecular weight is 456 g/mol. The fourth-order valence-electron chi connectivity index (χ4n) is 4.89. The van der Waals surface area contributed by atoms with E-state index in [9.17, 15) is 9.90 Å². The molecule has 2 aromatic heterocycles. The normalized spacial score (nSPS) is 18.7. The van der Waals surface area contributed by atoms with Crippen molar-refractivity contribution in [3.8, 4) is 5.75 Å². The highest BCUT2D eigenvalue weighted by molar-refractivity contribution is 5.81. The van der Waals surface area contributed by atoms with E-state index in [0.717, 1.165) is 33.9 Å². The molecule has 2 atom stereocenters. The maximum Gasteiger partial charge on any atom is 0.307 e.